The number of esters is 1. The number of amides is 1. The summed E-state index contributed by atoms with van der Waals surface area (Å²) in [4.78, 5) is 24.5. The second-order valence-corrected chi connectivity index (χ2v) is 6.65. The summed E-state index contributed by atoms with van der Waals surface area (Å²) in [6, 6.07) is 15.9. The number of carbonyl (C=O) groups is 2. The molecule has 2 rings (SSSR count). The average Bonchev–Trinajstić information content (AvgIpc) is 2.69. The standard InChI is InChI=1S/C20H21ClN4O3S/c1-2-28-20(27)17(19(29)23-15-6-4-3-5-7-15)18(22)25-24-16(26)12-13-8-10-14(21)11-9-13/h3-11,25H,2,12,22H2,1H3,(H,23,29)(H,24,26)/b18-17-. The van der Waals surface area contributed by atoms with Crippen molar-refractivity contribution in [2.24, 2.45) is 5.73 Å². The first-order valence-electron chi connectivity index (χ1n) is 8.73. The topological polar surface area (TPSA) is 105 Å². The van der Waals surface area contributed by atoms with Crippen LogP contribution in [0.15, 0.2) is 66.0 Å². The molecule has 2 aromatic carbocycles. The maximum Gasteiger partial charge on any atom is 0.344 e. The summed E-state index contributed by atoms with van der Waals surface area (Å²) in [5.41, 5.74) is 12.3. The molecule has 0 spiro atoms. The van der Waals surface area contributed by atoms with Gasteiger partial charge in [0.15, 0.2) is 0 Å². The number of para-hydroxylation sites is 1. The van der Waals surface area contributed by atoms with Crippen LogP contribution in [-0.2, 0) is 20.7 Å². The number of anilines is 1. The molecule has 0 bridgehead atoms. The number of ether oxygens (including phenoxy) is 1. The zero-order valence-electron chi connectivity index (χ0n) is 15.7. The molecule has 0 aromatic heterocycles. The molecular weight excluding hydrogens is 412 g/mol. The Hall–Kier alpha value is -3.10. The van der Waals surface area contributed by atoms with Crippen LogP contribution in [0.3, 0.4) is 0 Å². The zero-order chi connectivity index (χ0) is 21.2. The number of thiocarbonyl (C=S) groups is 1. The Morgan fingerprint density at radius 1 is 1.07 bits per heavy atom. The first kappa shape index (κ1) is 22.2. The van der Waals surface area contributed by atoms with E-state index in [1.54, 1.807) is 43.3 Å². The number of nitrogens with two attached hydrogens (primary N) is 1. The van der Waals surface area contributed by atoms with Gasteiger partial charge in [0.2, 0.25) is 5.91 Å². The predicted molar refractivity (Wildman–Crippen MR) is 117 cm³/mol. The predicted octanol–water partition coefficient (Wildman–Crippen LogP) is 2.68. The van der Waals surface area contributed by atoms with Crippen LogP contribution in [-0.4, -0.2) is 23.5 Å². The highest BCUT2D eigenvalue weighted by Gasteiger charge is 2.21. The van der Waals surface area contributed by atoms with Crippen LogP contribution < -0.4 is 21.9 Å². The molecule has 0 heterocycles. The Kier molecular flexibility index (Phi) is 8.45. The molecular formula is C20H21ClN4O3S. The molecule has 152 valence electrons. The lowest BCUT2D eigenvalue weighted by Crippen LogP contribution is -2.42. The molecule has 9 heteroatoms. The van der Waals surface area contributed by atoms with Gasteiger partial charge in [0.05, 0.1) is 13.0 Å². The van der Waals surface area contributed by atoms with Gasteiger partial charge in [-0.1, -0.05) is 54.2 Å². The van der Waals surface area contributed by atoms with Crippen molar-refractivity contribution in [3.05, 3.63) is 76.6 Å². The van der Waals surface area contributed by atoms with Crippen molar-refractivity contribution in [1.29, 1.82) is 0 Å². The van der Waals surface area contributed by atoms with Gasteiger partial charge < -0.3 is 15.8 Å². The average molecular weight is 433 g/mol. The molecule has 2 aromatic rings. The minimum Gasteiger partial charge on any atom is -0.462 e. The Balaban J connectivity index is 2.08. The lowest BCUT2D eigenvalue weighted by molar-refractivity contribution is -0.138. The molecule has 1 amide bonds. The third-order valence-electron chi connectivity index (χ3n) is 3.62. The summed E-state index contributed by atoms with van der Waals surface area (Å²) in [6.07, 6.45) is 0.0961. The van der Waals surface area contributed by atoms with Crippen molar-refractivity contribution < 1.29 is 14.3 Å². The van der Waals surface area contributed by atoms with Gasteiger partial charge in [-0.05, 0) is 36.8 Å². The number of hydrazine groups is 1. The van der Waals surface area contributed by atoms with E-state index in [1.165, 1.54) is 0 Å². The van der Waals surface area contributed by atoms with E-state index in [-0.39, 0.29) is 35.3 Å². The van der Waals surface area contributed by atoms with Crippen LogP contribution in [0, 0.1) is 0 Å². The number of benzene rings is 2. The summed E-state index contributed by atoms with van der Waals surface area (Å²) in [7, 11) is 0. The molecule has 0 aliphatic rings. The van der Waals surface area contributed by atoms with Gasteiger partial charge >= 0.3 is 5.97 Å². The fraction of sp³-hybridized carbons (Fsp3) is 0.150. The molecule has 0 saturated heterocycles. The van der Waals surface area contributed by atoms with Crippen molar-refractivity contribution in [2.75, 3.05) is 11.9 Å². The number of carbonyl (C=O) groups excluding carboxylic acids is 2. The maximum atomic E-state index is 12.3. The zero-order valence-corrected chi connectivity index (χ0v) is 17.3. The molecule has 0 radical (unpaired) electrons. The van der Waals surface area contributed by atoms with Crippen LogP contribution in [0.5, 0.6) is 0 Å². The van der Waals surface area contributed by atoms with E-state index in [0.717, 1.165) is 5.56 Å². The van der Waals surface area contributed by atoms with E-state index in [9.17, 15) is 9.59 Å². The molecule has 7 nitrogen and oxygen atoms in total. The highest BCUT2D eigenvalue weighted by Crippen LogP contribution is 2.12. The number of nitrogens with one attached hydrogen (secondary N) is 3. The second kappa shape index (κ2) is 11.0. The summed E-state index contributed by atoms with van der Waals surface area (Å²) < 4.78 is 5.03. The highest BCUT2D eigenvalue weighted by atomic mass is 35.5. The number of hydrogen-bond acceptors (Lipinski definition) is 6. The van der Waals surface area contributed by atoms with E-state index in [2.05, 4.69) is 16.2 Å². The van der Waals surface area contributed by atoms with Crippen LogP contribution in [0.4, 0.5) is 5.69 Å². The Morgan fingerprint density at radius 2 is 1.72 bits per heavy atom. The van der Waals surface area contributed by atoms with Gasteiger partial charge in [-0.15, -0.1) is 0 Å². The smallest absolute Gasteiger partial charge is 0.344 e. The van der Waals surface area contributed by atoms with Crippen molar-refractivity contribution in [3.63, 3.8) is 0 Å². The summed E-state index contributed by atoms with van der Waals surface area (Å²) in [5.74, 6) is -1.21. The summed E-state index contributed by atoms with van der Waals surface area (Å²) in [6.45, 7) is 1.81. The first-order chi connectivity index (χ1) is 13.9. The van der Waals surface area contributed by atoms with E-state index in [1.807, 2.05) is 18.2 Å². The molecule has 29 heavy (non-hydrogen) atoms. The number of hydrogen-bond donors (Lipinski definition) is 4. The van der Waals surface area contributed by atoms with Gasteiger partial charge in [0.1, 0.15) is 16.4 Å². The van der Waals surface area contributed by atoms with E-state index in [4.69, 9.17) is 34.3 Å². The SMILES string of the molecule is CCOC(=O)/C(C(=S)Nc1ccccc1)=C(/N)NNC(=O)Cc1ccc(Cl)cc1. The molecule has 0 atom stereocenters. The normalized spacial score (nSPS) is 11.1. The largest absolute Gasteiger partial charge is 0.462 e. The molecule has 0 unspecified atom stereocenters. The lowest BCUT2D eigenvalue weighted by Gasteiger charge is -2.15. The van der Waals surface area contributed by atoms with Gasteiger partial charge in [-0.3, -0.25) is 15.6 Å². The van der Waals surface area contributed by atoms with Gasteiger partial charge in [-0.2, -0.15) is 0 Å². The number of halogens is 1. The van der Waals surface area contributed by atoms with Gasteiger partial charge in [0.25, 0.3) is 0 Å². The monoisotopic (exact) mass is 432 g/mol. The van der Waals surface area contributed by atoms with Crippen LogP contribution in [0.25, 0.3) is 0 Å². The first-order valence-corrected chi connectivity index (χ1v) is 9.52. The second-order valence-electron chi connectivity index (χ2n) is 5.81. The van der Waals surface area contributed by atoms with E-state index >= 15 is 0 Å². The fourth-order valence-electron chi connectivity index (χ4n) is 2.27. The maximum absolute atomic E-state index is 12.3. The molecule has 0 saturated carbocycles. The van der Waals surface area contributed by atoms with E-state index < -0.39 is 5.97 Å². The minimum atomic E-state index is -0.710. The fourth-order valence-corrected chi connectivity index (χ4v) is 2.71. The minimum absolute atomic E-state index is 0.0617. The Labute approximate surface area is 179 Å². The highest BCUT2D eigenvalue weighted by molar-refractivity contribution is 7.81. The van der Waals surface area contributed by atoms with Crippen molar-refractivity contribution in [1.82, 2.24) is 10.9 Å². The molecule has 0 aliphatic heterocycles. The molecule has 0 aliphatic carbocycles. The number of rotatable bonds is 8. The third kappa shape index (κ3) is 7.10. The third-order valence-corrected chi connectivity index (χ3v) is 4.18. The Bertz CT molecular complexity index is 902. The van der Waals surface area contributed by atoms with Crippen molar-refractivity contribution in [3.8, 4) is 0 Å². The molecule has 0 fully saturated rings. The quantitative estimate of drug-likeness (QED) is 0.220. The van der Waals surface area contributed by atoms with E-state index in [0.29, 0.717) is 10.7 Å². The molecule has 5 N–H and O–H groups in total. The van der Waals surface area contributed by atoms with Crippen LogP contribution in [0.1, 0.15) is 12.5 Å². The van der Waals surface area contributed by atoms with Gasteiger partial charge in [0, 0.05) is 10.7 Å². The van der Waals surface area contributed by atoms with Crippen molar-refractivity contribution in [2.45, 2.75) is 13.3 Å². The van der Waals surface area contributed by atoms with Crippen LogP contribution in [0.2, 0.25) is 5.02 Å². The summed E-state index contributed by atoms with van der Waals surface area (Å²) in [5, 5.41) is 3.50. The summed E-state index contributed by atoms with van der Waals surface area (Å²) >= 11 is 11.1. The van der Waals surface area contributed by atoms with Crippen molar-refractivity contribution >= 4 is 46.4 Å². The Morgan fingerprint density at radius 3 is 2.34 bits per heavy atom. The lowest BCUT2D eigenvalue weighted by atomic mass is 10.1. The van der Waals surface area contributed by atoms with Crippen LogP contribution >= 0.6 is 23.8 Å². The van der Waals surface area contributed by atoms with Gasteiger partial charge in [-0.25, -0.2) is 4.79 Å².